The Hall–Kier alpha value is -2.02. The third kappa shape index (κ3) is 3.99. The van der Waals surface area contributed by atoms with Crippen LogP contribution in [0.25, 0.3) is 0 Å². The third-order valence-corrected chi connectivity index (χ3v) is 2.87. The van der Waals surface area contributed by atoms with E-state index in [1.54, 1.807) is 6.92 Å². The van der Waals surface area contributed by atoms with Crippen LogP contribution in [0.3, 0.4) is 0 Å². The Balaban J connectivity index is 2.94. The van der Waals surface area contributed by atoms with Gasteiger partial charge in [0, 0.05) is 24.8 Å². The average Bonchev–Trinajstić information content (AvgIpc) is 2.38. The molecule has 0 saturated carbocycles. The summed E-state index contributed by atoms with van der Waals surface area (Å²) < 4.78 is 13.9. The number of nitrogens with one attached hydrogen (secondary N) is 1. The Morgan fingerprint density at radius 2 is 2.20 bits per heavy atom. The molecule has 0 radical (unpaired) electrons. The molecule has 7 heteroatoms. The minimum atomic E-state index is -0.762. The van der Waals surface area contributed by atoms with Gasteiger partial charge in [0.2, 0.25) is 0 Å². The fourth-order valence-corrected chi connectivity index (χ4v) is 1.79. The molecule has 0 heterocycles. The number of hydrogen-bond donors (Lipinski definition) is 2. The number of aliphatic hydroxyl groups excluding tert-OH is 1. The van der Waals surface area contributed by atoms with E-state index in [0.717, 1.165) is 12.1 Å². The van der Waals surface area contributed by atoms with E-state index in [0.29, 0.717) is 12.8 Å². The van der Waals surface area contributed by atoms with E-state index in [1.165, 1.54) is 6.92 Å². The van der Waals surface area contributed by atoms with Crippen molar-refractivity contribution in [1.82, 2.24) is 5.32 Å². The first-order valence-electron chi connectivity index (χ1n) is 6.23. The summed E-state index contributed by atoms with van der Waals surface area (Å²) >= 11 is 0. The third-order valence-electron chi connectivity index (χ3n) is 2.87. The van der Waals surface area contributed by atoms with Crippen molar-refractivity contribution in [3.05, 3.63) is 39.2 Å². The number of aryl methyl sites for hydroxylation is 1. The van der Waals surface area contributed by atoms with Gasteiger partial charge in [-0.3, -0.25) is 14.9 Å². The molecular formula is C13H17FN2O4. The zero-order valence-electron chi connectivity index (χ0n) is 11.4. The Morgan fingerprint density at radius 3 is 2.75 bits per heavy atom. The van der Waals surface area contributed by atoms with Gasteiger partial charge in [0.05, 0.1) is 10.5 Å². The van der Waals surface area contributed by atoms with Gasteiger partial charge in [0.15, 0.2) is 0 Å². The van der Waals surface area contributed by atoms with Gasteiger partial charge in [-0.05, 0) is 32.3 Å². The predicted octanol–water partition coefficient (Wildman–Crippen LogP) is 1.93. The van der Waals surface area contributed by atoms with Crippen LogP contribution in [0.1, 0.15) is 35.7 Å². The Labute approximate surface area is 115 Å². The molecule has 110 valence electrons. The molecule has 0 fully saturated rings. The lowest BCUT2D eigenvalue weighted by Gasteiger charge is -2.14. The highest BCUT2D eigenvalue weighted by atomic mass is 19.1. The average molecular weight is 284 g/mol. The lowest BCUT2D eigenvalue weighted by Crippen LogP contribution is -2.33. The molecule has 6 nitrogen and oxygen atoms in total. The van der Waals surface area contributed by atoms with E-state index < -0.39 is 16.6 Å². The summed E-state index contributed by atoms with van der Waals surface area (Å²) in [5.41, 5.74) is -0.614. The van der Waals surface area contributed by atoms with Gasteiger partial charge in [-0.25, -0.2) is 4.39 Å². The lowest BCUT2D eigenvalue weighted by molar-refractivity contribution is -0.385. The van der Waals surface area contributed by atoms with Crippen LogP contribution < -0.4 is 5.32 Å². The fourth-order valence-electron chi connectivity index (χ4n) is 1.79. The lowest BCUT2D eigenvalue weighted by atomic mass is 10.1. The monoisotopic (exact) mass is 284 g/mol. The molecule has 2 N–H and O–H groups in total. The van der Waals surface area contributed by atoms with E-state index in [2.05, 4.69) is 5.32 Å². The highest BCUT2D eigenvalue weighted by Crippen LogP contribution is 2.21. The molecule has 0 saturated heterocycles. The van der Waals surface area contributed by atoms with Gasteiger partial charge in [0.25, 0.3) is 11.6 Å². The van der Waals surface area contributed by atoms with Crippen molar-refractivity contribution in [2.75, 3.05) is 6.61 Å². The first-order valence-corrected chi connectivity index (χ1v) is 6.23. The summed E-state index contributed by atoms with van der Waals surface area (Å²) in [6, 6.07) is 1.76. The highest BCUT2D eigenvalue weighted by molar-refractivity contribution is 5.95. The molecule has 1 amide bonds. The van der Waals surface area contributed by atoms with Crippen LogP contribution in [-0.4, -0.2) is 28.6 Å². The van der Waals surface area contributed by atoms with E-state index in [4.69, 9.17) is 5.11 Å². The Morgan fingerprint density at radius 1 is 1.55 bits per heavy atom. The topological polar surface area (TPSA) is 92.5 Å². The smallest absolute Gasteiger partial charge is 0.270 e. The summed E-state index contributed by atoms with van der Waals surface area (Å²) in [4.78, 5) is 22.0. The van der Waals surface area contributed by atoms with Crippen LogP contribution in [0, 0.1) is 22.9 Å². The van der Waals surface area contributed by atoms with Gasteiger partial charge in [-0.15, -0.1) is 0 Å². The number of nitro benzene ring substituents is 1. The standard InChI is InChI=1S/C13H17FN2O4/c1-8-6-10(16(19)20)7-11(12(8)14)13(18)15-9(2)4-3-5-17/h6-7,9,17H,3-5H2,1-2H3,(H,15,18). The molecule has 1 rings (SSSR count). The van der Waals surface area contributed by atoms with Crippen molar-refractivity contribution in [1.29, 1.82) is 0 Å². The minimum Gasteiger partial charge on any atom is -0.396 e. The molecule has 1 aromatic rings. The van der Waals surface area contributed by atoms with E-state index in [1.807, 2.05) is 0 Å². The molecular weight excluding hydrogens is 267 g/mol. The highest BCUT2D eigenvalue weighted by Gasteiger charge is 2.20. The van der Waals surface area contributed by atoms with Gasteiger partial charge >= 0.3 is 0 Å². The normalized spacial score (nSPS) is 12.0. The summed E-state index contributed by atoms with van der Waals surface area (Å²) in [7, 11) is 0. The SMILES string of the molecule is Cc1cc([N+](=O)[O-])cc(C(=O)NC(C)CCCO)c1F. The van der Waals surface area contributed by atoms with Crippen LogP contribution in [0.2, 0.25) is 0 Å². The summed E-state index contributed by atoms with van der Waals surface area (Å²) in [5, 5.41) is 22.0. The van der Waals surface area contributed by atoms with Gasteiger partial charge in [-0.2, -0.15) is 0 Å². The zero-order valence-corrected chi connectivity index (χ0v) is 11.4. The number of nitrogens with zero attached hydrogens (tertiary/aromatic N) is 1. The van der Waals surface area contributed by atoms with Crippen molar-refractivity contribution in [2.24, 2.45) is 0 Å². The maximum absolute atomic E-state index is 13.9. The molecule has 0 aliphatic heterocycles. The quantitative estimate of drug-likeness (QED) is 0.616. The number of carbonyl (C=O) groups is 1. The molecule has 0 aliphatic rings. The van der Waals surface area contributed by atoms with Crippen LogP contribution in [0.15, 0.2) is 12.1 Å². The molecule has 1 aromatic carbocycles. The predicted molar refractivity (Wildman–Crippen MR) is 71.0 cm³/mol. The van der Waals surface area contributed by atoms with Crippen LogP contribution in [-0.2, 0) is 0 Å². The minimum absolute atomic E-state index is 0.00445. The zero-order chi connectivity index (χ0) is 15.3. The number of benzene rings is 1. The second-order valence-corrected chi connectivity index (χ2v) is 4.62. The number of hydrogen-bond acceptors (Lipinski definition) is 4. The Kier molecular flexibility index (Phi) is 5.57. The number of rotatable bonds is 6. The molecule has 0 aromatic heterocycles. The largest absolute Gasteiger partial charge is 0.396 e. The molecule has 0 spiro atoms. The van der Waals surface area contributed by atoms with Gasteiger partial charge in [0.1, 0.15) is 5.82 Å². The summed E-state index contributed by atoms with van der Waals surface area (Å²) in [5.74, 6) is -1.46. The molecule has 1 unspecified atom stereocenters. The van der Waals surface area contributed by atoms with Crippen LogP contribution >= 0.6 is 0 Å². The van der Waals surface area contributed by atoms with Crippen LogP contribution in [0.5, 0.6) is 0 Å². The molecule has 20 heavy (non-hydrogen) atoms. The number of nitro groups is 1. The van der Waals surface area contributed by atoms with Gasteiger partial charge in [-0.1, -0.05) is 0 Å². The van der Waals surface area contributed by atoms with Crippen LogP contribution in [0.4, 0.5) is 10.1 Å². The van der Waals surface area contributed by atoms with Crippen molar-refractivity contribution in [3.63, 3.8) is 0 Å². The Bertz CT molecular complexity index is 519. The van der Waals surface area contributed by atoms with Crippen molar-refractivity contribution >= 4 is 11.6 Å². The molecule has 0 bridgehead atoms. The van der Waals surface area contributed by atoms with E-state index >= 15 is 0 Å². The van der Waals surface area contributed by atoms with Crippen molar-refractivity contribution in [3.8, 4) is 0 Å². The molecule has 0 aliphatic carbocycles. The first kappa shape index (κ1) is 16.0. The second kappa shape index (κ2) is 6.95. The number of carbonyl (C=O) groups excluding carboxylic acids is 1. The number of halogens is 1. The first-order chi connectivity index (χ1) is 9.36. The maximum Gasteiger partial charge on any atom is 0.270 e. The maximum atomic E-state index is 13.9. The number of aliphatic hydroxyl groups is 1. The number of amides is 1. The van der Waals surface area contributed by atoms with Gasteiger partial charge < -0.3 is 10.4 Å². The molecule has 1 atom stereocenters. The number of non-ortho nitro benzene ring substituents is 1. The van der Waals surface area contributed by atoms with E-state index in [-0.39, 0.29) is 29.5 Å². The van der Waals surface area contributed by atoms with Crippen molar-refractivity contribution in [2.45, 2.75) is 32.7 Å². The second-order valence-electron chi connectivity index (χ2n) is 4.62. The summed E-state index contributed by atoms with van der Waals surface area (Å²) in [6.07, 6.45) is 1.05. The van der Waals surface area contributed by atoms with E-state index in [9.17, 15) is 19.3 Å². The summed E-state index contributed by atoms with van der Waals surface area (Å²) in [6.45, 7) is 3.09. The fraction of sp³-hybridized carbons (Fsp3) is 0.462. The van der Waals surface area contributed by atoms with Crippen molar-refractivity contribution < 1.29 is 19.2 Å².